The second-order valence-electron chi connectivity index (χ2n) is 21.4. The van der Waals surface area contributed by atoms with E-state index >= 15 is 0 Å². The number of benzene rings is 12. The lowest BCUT2D eigenvalue weighted by Crippen LogP contribution is -2.04. The third-order valence-electron chi connectivity index (χ3n) is 16.9. The molecule has 0 saturated carbocycles. The van der Waals surface area contributed by atoms with Gasteiger partial charge in [-0.15, -0.1) is 0 Å². The molecule has 17 rings (SSSR count). The van der Waals surface area contributed by atoms with Gasteiger partial charge in [0, 0.05) is 82.3 Å². The predicted octanol–water partition coefficient (Wildman–Crippen LogP) is 18.8. The SMILES string of the molecule is N#Cc1c(-c2ccc(-c3nc(-c4ccccc4)nc(-c4ccccc4)n3)cc2-n2c3ccccc3c3cc(-n4c5ccccc5c5ccccc54)ccc32)cccc1-n1c2ccccc2c2cc(-n3c4ccccc4c4ccccc43)ccc21. The first-order chi connectivity index (χ1) is 41.6. The van der Waals surface area contributed by atoms with E-state index in [-0.39, 0.29) is 0 Å². The van der Waals surface area contributed by atoms with Gasteiger partial charge < -0.3 is 18.3 Å². The largest absolute Gasteiger partial charge is 0.309 e. The van der Waals surface area contributed by atoms with Crippen molar-refractivity contribution in [1.82, 2.24) is 33.2 Å². The van der Waals surface area contributed by atoms with Crippen LogP contribution in [0.2, 0.25) is 0 Å². The standard InChI is InChI=1S/C76H46N8/c77-47-63-53(30-19-37-70(63)83-68-35-17-11-28-58(68)61-45-51(39-42-71(61)83)81-64-31-13-7-24-54(64)55-25-8-14-32-65(55)81)60-41-38-50(76-79-74(48-20-3-1-4-21-48)78-75(80-76)49-22-5-2-6-23-49)44-73(60)84-69-36-18-12-29-59(69)62-46-52(40-43-72(62)84)82-66-33-15-9-26-56(66)57-27-10-16-34-67(57)82/h1-46H. The summed E-state index contributed by atoms with van der Waals surface area (Å²) in [7, 11) is 0. The monoisotopic (exact) mass is 1070 g/mol. The first kappa shape index (κ1) is 47.2. The molecule has 84 heavy (non-hydrogen) atoms. The molecule has 0 bridgehead atoms. The lowest BCUT2D eigenvalue weighted by Gasteiger charge is -2.19. The highest BCUT2D eigenvalue weighted by Crippen LogP contribution is 2.44. The number of fused-ring (bicyclic) bond motifs is 12. The van der Waals surface area contributed by atoms with Gasteiger partial charge in [-0.3, -0.25) is 0 Å². The van der Waals surface area contributed by atoms with Crippen molar-refractivity contribution in [2.75, 3.05) is 0 Å². The Morgan fingerprint density at radius 2 is 0.607 bits per heavy atom. The van der Waals surface area contributed by atoms with Gasteiger partial charge in [0.2, 0.25) is 0 Å². The fraction of sp³-hybridized carbons (Fsp3) is 0. The maximum Gasteiger partial charge on any atom is 0.164 e. The second-order valence-corrected chi connectivity index (χ2v) is 21.4. The highest BCUT2D eigenvalue weighted by atomic mass is 15.0. The second kappa shape index (κ2) is 18.7. The van der Waals surface area contributed by atoms with Crippen molar-refractivity contribution in [3.63, 3.8) is 0 Å². The molecule has 17 aromatic rings. The average Bonchev–Trinajstić information content (AvgIpc) is 3.68. The van der Waals surface area contributed by atoms with Gasteiger partial charge in [-0.05, 0) is 84.9 Å². The molecule has 8 nitrogen and oxygen atoms in total. The quantitative estimate of drug-likeness (QED) is 0.152. The number of rotatable bonds is 8. The van der Waals surface area contributed by atoms with Gasteiger partial charge >= 0.3 is 0 Å². The molecule has 5 aromatic heterocycles. The van der Waals surface area contributed by atoms with Crippen molar-refractivity contribution in [1.29, 1.82) is 5.26 Å². The fourth-order valence-electron chi connectivity index (χ4n) is 13.2. The molecule has 0 aliphatic rings. The first-order valence-electron chi connectivity index (χ1n) is 28.2. The van der Waals surface area contributed by atoms with Gasteiger partial charge in [-0.2, -0.15) is 5.26 Å². The Balaban J connectivity index is 0.908. The van der Waals surface area contributed by atoms with Crippen LogP contribution in [0, 0.1) is 11.3 Å². The Kier molecular flexibility index (Phi) is 10.5. The van der Waals surface area contributed by atoms with Crippen LogP contribution in [0.1, 0.15) is 5.56 Å². The number of hydrogen-bond acceptors (Lipinski definition) is 4. The molecule has 390 valence electrons. The molecule has 0 radical (unpaired) electrons. The number of para-hydroxylation sites is 6. The van der Waals surface area contributed by atoms with Crippen LogP contribution in [0.15, 0.2) is 279 Å². The van der Waals surface area contributed by atoms with E-state index in [4.69, 9.17) is 15.0 Å². The minimum absolute atomic E-state index is 0.532. The highest BCUT2D eigenvalue weighted by Gasteiger charge is 2.25. The summed E-state index contributed by atoms with van der Waals surface area (Å²) < 4.78 is 9.38. The van der Waals surface area contributed by atoms with E-state index in [1.807, 2.05) is 60.7 Å². The summed E-state index contributed by atoms with van der Waals surface area (Å²) >= 11 is 0. The molecule has 12 aromatic carbocycles. The normalized spacial score (nSPS) is 11.8. The number of aromatic nitrogens is 7. The van der Waals surface area contributed by atoms with Crippen LogP contribution in [0.3, 0.4) is 0 Å². The van der Waals surface area contributed by atoms with Crippen molar-refractivity contribution >= 4 is 87.2 Å². The van der Waals surface area contributed by atoms with Crippen molar-refractivity contribution in [3.8, 4) is 74.1 Å². The zero-order valence-corrected chi connectivity index (χ0v) is 45.1. The van der Waals surface area contributed by atoms with Crippen LogP contribution in [0.25, 0.3) is 155 Å². The lowest BCUT2D eigenvalue weighted by molar-refractivity contribution is 1.07. The fourth-order valence-corrected chi connectivity index (χ4v) is 13.2. The summed E-state index contributed by atoms with van der Waals surface area (Å²) in [5, 5.41) is 21.1. The first-order valence-corrected chi connectivity index (χ1v) is 28.2. The molecule has 0 atom stereocenters. The molecule has 0 fully saturated rings. The lowest BCUT2D eigenvalue weighted by atomic mass is 9.95. The molecule has 0 spiro atoms. The zero-order valence-electron chi connectivity index (χ0n) is 45.1. The molecule has 0 saturated heterocycles. The third kappa shape index (κ3) is 7.16. The Morgan fingerprint density at radius 1 is 0.250 bits per heavy atom. The summed E-state index contributed by atoms with van der Waals surface area (Å²) in [6, 6.07) is 101. The third-order valence-corrected chi connectivity index (χ3v) is 16.9. The Labute approximate surface area is 481 Å². The summed E-state index contributed by atoms with van der Waals surface area (Å²) in [5.41, 5.74) is 17.2. The van der Waals surface area contributed by atoms with E-state index in [0.717, 1.165) is 116 Å². The summed E-state index contributed by atoms with van der Waals surface area (Å²) in [4.78, 5) is 15.5. The molecule has 0 N–H and O–H groups in total. The molecule has 0 aliphatic heterocycles. The number of nitriles is 1. The van der Waals surface area contributed by atoms with E-state index in [0.29, 0.717) is 23.0 Å². The summed E-state index contributed by atoms with van der Waals surface area (Å²) in [6.07, 6.45) is 0. The topological polar surface area (TPSA) is 82.2 Å². The minimum Gasteiger partial charge on any atom is -0.309 e. The van der Waals surface area contributed by atoms with Crippen LogP contribution >= 0.6 is 0 Å². The van der Waals surface area contributed by atoms with Gasteiger partial charge in [0.15, 0.2) is 17.5 Å². The van der Waals surface area contributed by atoms with E-state index in [9.17, 15) is 5.26 Å². The van der Waals surface area contributed by atoms with Crippen molar-refractivity contribution in [3.05, 3.63) is 285 Å². The Hall–Kier alpha value is -11.7. The van der Waals surface area contributed by atoms with Crippen LogP contribution in [0.4, 0.5) is 0 Å². The molecule has 0 unspecified atom stereocenters. The predicted molar refractivity (Wildman–Crippen MR) is 344 cm³/mol. The molecule has 0 amide bonds. The number of nitrogens with zero attached hydrogens (tertiary/aromatic N) is 8. The number of hydrogen-bond donors (Lipinski definition) is 0. The Bertz CT molecular complexity index is 5420. The summed E-state index contributed by atoms with van der Waals surface area (Å²) in [5.74, 6) is 1.68. The van der Waals surface area contributed by atoms with Crippen molar-refractivity contribution < 1.29 is 0 Å². The van der Waals surface area contributed by atoms with Gasteiger partial charge in [-0.1, -0.05) is 194 Å². The maximum absolute atomic E-state index is 11.8. The van der Waals surface area contributed by atoms with E-state index in [1.165, 1.54) is 21.5 Å². The highest BCUT2D eigenvalue weighted by molar-refractivity contribution is 6.15. The van der Waals surface area contributed by atoms with Crippen LogP contribution < -0.4 is 0 Å². The smallest absolute Gasteiger partial charge is 0.164 e. The molecule has 8 heteroatoms. The van der Waals surface area contributed by atoms with E-state index < -0.39 is 0 Å². The molecule has 5 heterocycles. The minimum atomic E-state index is 0.532. The van der Waals surface area contributed by atoms with Crippen LogP contribution in [-0.2, 0) is 0 Å². The zero-order chi connectivity index (χ0) is 55.4. The van der Waals surface area contributed by atoms with Crippen molar-refractivity contribution in [2.24, 2.45) is 0 Å². The Morgan fingerprint density at radius 3 is 1.04 bits per heavy atom. The van der Waals surface area contributed by atoms with Crippen LogP contribution in [-0.4, -0.2) is 33.2 Å². The molecular formula is C76H46N8. The van der Waals surface area contributed by atoms with Gasteiger partial charge in [0.05, 0.1) is 61.1 Å². The van der Waals surface area contributed by atoms with Crippen LogP contribution in [0.5, 0.6) is 0 Å². The van der Waals surface area contributed by atoms with Gasteiger partial charge in [-0.25, -0.2) is 15.0 Å². The van der Waals surface area contributed by atoms with Crippen molar-refractivity contribution in [2.45, 2.75) is 0 Å². The summed E-state index contributed by atoms with van der Waals surface area (Å²) in [6.45, 7) is 0. The molecule has 0 aliphatic carbocycles. The van der Waals surface area contributed by atoms with E-state index in [2.05, 4.69) is 243 Å². The van der Waals surface area contributed by atoms with E-state index in [1.54, 1.807) is 0 Å². The maximum atomic E-state index is 11.8. The molecular weight excluding hydrogens is 1020 g/mol. The average molecular weight is 1070 g/mol. The van der Waals surface area contributed by atoms with Gasteiger partial charge in [0.1, 0.15) is 6.07 Å². The van der Waals surface area contributed by atoms with Gasteiger partial charge in [0.25, 0.3) is 0 Å².